The summed E-state index contributed by atoms with van der Waals surface area (Å²) in [5.74, 6) is 0. The third-order valence-corrected chi connectivity index (χ3v) is 3.80. The summed E-state index contributed by atoms with van der Waals surface area (Å²) in [6, 6.07) is 6.59. The van der Waals surface area contributed by atoms with Crippen LogP contribution in [-0.2, 0) is 0 Å². The van der Waals surface area contributed by atoms with Crippen LogP contribution in [0.25, 0.3) is 0 Å². The van der Waals surface area contributed by atoms with Gasteiger partial charge >= 0.3 is 0 Å². The summed E-state index contributed by atoms with van der Waals surface area (Å²) in [6.07, 6.45) is 4.84. The fourth-order valence-electron chi connectivity index (χ4n) is 1.81. The molecular formula is C13H19BrClN. The van der Waals surface area contributed by atoms with Gasteiger partial charge in [-0.05, 0) is 47.0 Å². The number of benzene rings is 1. The first-order chi connectivity index (χ1) is 7.67. The molecule has 0 aromatic heterocycles. The van der Waals surface area contributed by atoms with E-state index in [0.717, 1.165) is 15.2 Å². The molecule has 0 radical (unpaired) electrons. The van der Waals surface area contributed by atoms with E-state index >= 15 is 0 Å². The van der Waals surface area contributed by atoms with Crippen molar-refractivity contribution in [1.29, 1.82) is 0 Å². The number of hydrogen-bond donors (Lipinski definition) is 1. The fourth-order valence-corrected chi connectivity index (χ4v) is 2.23. The van der Waals surface area contributed by atoms with E-state index < -0.39 is 0 Å². The van der Waals surface area contributed by atoms with Crippen molar-refractivity contribution < 1.29 is 0 Å². The van der Waals surface area contributed by atoms with Crippen molar-refractivity contribution in [2.75, 3.05) is 5.32 Å². The molecule has 0 aliphatic carbocycles. The molecule has 0 amide bonds. The molecule has 0 fully saturated rings. The van der Waals surface area contributed by atoms with E-state index in [1.54, 1.807) is 0 Å². The molecule has 1 aromatic rings. The van der Waals surface area contributed by atoms with Crippen LogP contribution in [0.3, 0.4) is 0 Å². The average molecular weight is 305 g/mol. The van der Waals surface area contributed by atoms with Crippen LogP contribution < -0.4 is 5.32 Å². The minimum Gasteiger partial charge on any atom is -0.382 e. The first-order valence-electron chi connectivity index (χ1n) is 5.89. The van der Waals surface area contributed by atoms with Gasteiger partial charge in [-0.2, -0.15) is 0 Å². The Morgan fingerprint density at radius 1 is 1.25 bits per heavy atom. The Labute approximate surface area is 112 Å². The fraction of sp³-hybridized carbons (Fsp3) is 0.538. The van der Waals surface area contributed by atoms with Crippen LogP contribution in [0, 0.1) is 0 Å². The Morgan fingerprint density at radius 3 is 2.38 bits per heavy atom. The second-order valence-electron chi connectivity index (χ2n) is 4.05. The summed E-state index contributed by atoms with van der Waals surface area (Å²) in [5, 5.41) is 4.30. The maximum Gasteiger partial charge on any atom is 0.0568 e. The molecule has 0 unspecified atom stereocenters. The van der Waals surface area contributed by atoms with Crippen molar-refractivity contribution in [2.45, 2.75) is 45.6 Å². The highest BCUT2D eigenvalue weighted by molar-refractivity contribution is 9.10. The molecule has 0 saturated carbocycles. The molecule has 0 atom stereocenters. The van der Waals surface area contributed by atoms with E-state index in [-0.39, 0.29) is 0 Å². The summed E-state index contributed by atoms with van der Waals surface area (Å²) < 4.78 is 0.947. The number of hydrogen-bond acceptors (Lipinski definition) is 1. The van der Waals surface area contributed by atoms with Gasteiger partial charge in [-0.15, -0.1) is 0 Å². The van der Waals surface area contributed by atoms with Crippen LogP contribution in [0.15, 0.2) is 22.7 Å². The van der Waals surface area contributed by atoms with Crippen molar-refractivity contribution >= 4 is 33.2 Å². The van der Waals surface area contributed by atoms with Gasteiger partial charge in [-0.3, -0.25) is 0 Å². The first kappa shape index (κ1) is 13.9. The zero-order valence-electron chi connectivity index (χ0n) is 9.89. The third-order valence-electron chi connectivity index (χ3n) is 2.56. The number of halogens is 2. The van der Waals surface area contributed by atoms with Gasteiger partial charge in [-0.25, -0.2) is 0 Å². The van der Waals surface area contributed by atoms with Crippen molar-refractivity contribution in [3.63, 3.8) is 0 Å². The van der Waals surface area contributed by atoms with E-state index in [9.17, 15) is 0 Å². The largest absolute Gasteiger partial charge is 0.382 e. The summed E-state index contributed by atoms with van der Waals surface area (Å²) >= 11 is 9.46. The lowest BCUT2D eigenvalue weighted by molar-refractivity contribution is 0.586. The van der Waals surface area contributed by atoms with E-state index in [2.05, 4.69) is 41.2 Å². The summed E-state index contributed by atoms with van der Waals surface area (Å²) in [4.78, 5) is 0. The second-order valence-corrected chi connectivity index (χ2v) is 5.31. The first-order valence-corrected chi connectivity index (χ1v) is 7.06. The van der Waals surface area contributed by atoms with E-state index in [0.29, 0.717) is 6.04 Å². The molecule has 0 saturated heterocycles. The molecule has 16 heavy (non-hydrogen) atoms. The zero-order chi connectivity index (χ0) is 12.0. The predicted octanol–water partition coefficient (Wildman–Crippen LogP) is 5.48. The number of anilines is 1. The molecule has 3 heteroatoms. The van der Waals surface area contributed by atoms with Crippen molar-refractivity contribution in [3.8, 4) is 0 Å². The van der Waals surface area contributed by atoms with Crippen LogP contribution in [-0.4, -0.2) is 6.04 Å². The van der Waals surface area contributed by atoms with Gasteiger partial charge in [0, 0.05) is 16.2 Å². The number of rotatable bonds is 6. The molecule has 1 aromatic carbocycles. The maximum absolute atomic E-state index is 6.06. The molecule has 0 bridgehead atoms. The molecule has 1 rings (SSSR count). The minimum absolute atomic E-state index is 0.562. The summed E-state index contributed by atoms with van der Waals surface area (Å²) in [7, 11) is 0. The van der Waals surface area contributed by atoms with Gasteiger partial charge in [-0.1, -0.05) is 38.3 Å². The minimum atomic E-state index is 0.562. The molecule has 0 heterocycles. The van der Waals surface area contributed by atoms with Crippen molar-refractivity contribution in [2.24, 2.45) is 0 Å². The van der Waals surface area contributed by atoms with Crippen LogP contribution in [0.4, 0.5) is 5.69 Å². The Morgan fingerprint density at radius 2 is 1.88 bits per heavy atom. The van der Waals surface area contributed by atoms with Crippen LogP contribution in [0.5, 0.6) is 0 Å². The lowest BCUT2D eigenvalue weighted by atomic mass is 10.1. The average Bonchev–Trinajstić information content (AvgIpc) is 2.24. The van der Waals surface area contributed by atoms with Gasteiger partial charge in [0.15, 0.2) is 0 Å². The van der Waals surface area contributed by atoms with Crippen LogP contribution in [0.2, 0.25) is 5.02 Å². The van der Waals surface area contributed by atoms with E-state index in [4.69, 9.17) is 11.6 Å². The summed E-state index contributed by atoms with van der Waals surface area (Å²) in [6.45, 7) is 4.44. The van der Waals surface area contributed by atoms with E-state index in [1.165, 1.54) is 25.7 Å². The van der Waals surface area contributed by atoms with Gasteiger partial charge in [0.2, 0.25) is 0 Å². The molecule has 1 N–H and O–H groups in total. The monoisotopic (exact) mass is 303 g/mol. The lowest BCUT2D eigenvalue weighted by Crippen LogP contribution is -2.18. The molecule has 0 spiro atoms. The Bertz CT molecular complexity index is 322. The Kier molecular flexibility index (Phi) is 6.22. The SMILES string of the molecule is CCCC(CCC)Nc1ccc(Br)c(Cl)c1. The predicted molar refractivity (Wildman–Crippen MR) is 76.4 cm³/mol. The highest BCUT2D eigenvalue weighted by Crippen LogP contribution is 2.26. The molecule has 0 aliphatic heterocycles. The van der Waals surface area contributed by atoms with Crippen molar-refractivity contribution in [1.82, 2.24) is 0 Å². The molecule has 90 valence electrons. The quantitative estimate of drug-likeness (QED) is 0.733. The third kappa shape index (κ3) is 4.34. The van der Waals surface area contributed by atoms with Gasteiger partial charge in [0.05, 0.1) is 5.02 Å². The summed E-state index contributed by atoms with van der Waals surface area (Å²) in [5.41, 5.74) is 1.11. The molecule has 0 aliphatic rings. The Hall–Kier alpha value is -0.210. The topological polar surface area (TPSA) is 12.0 Å². The molecular weight excluding hydrogens is 286 g/mol. The second kappa shape index (κ2) is 7.18. The van der Waals surface area contributed by atoms with E-state index in [1.807, 2.05) is 12.1 Å². The normalized spacial score (nSPS) is 10.8. The maximum atomic E-state index is 6.06. The standard InChI is InChI=1S/C13H19BrClN/c1-3-5-10(6-4-2)16-11-7-8-12(14)13(15)9-11/h7-10,16H,3-6H2,1-2H3. The highest BCUT2D eigenvalue weighted by Gasteiger charge is 2.07. The number of nitrogens with one attached hydrogen (secondary N) is 1. The molecule has 1 nitrogen and oxygen atoms in total. The van der Waals surface area contributed by atoms with Gasteiger partial charge in [0.25, 0.3) is 0 Å². The zero-order valence-corrected chi connectivity index (χ0v) is 12.2. The smallest absolute Gasteiger partial charge is 0.0568 e. The Balaban J connectivity index is 2.65. The van der Waals surface area contributed by atoms with Crippen LogP contribution >= 0.6 is 27.5 Å². The lowest BCUT2D eigenvalue weighted by Gasteiger charge is -2.19. The van der Waals surface area contributed by atoms with Crippen LogP contribution in [0.1, 0.15) is 39.5 Å². The highest BCUT2D eigenvalue weighted by atomic mass is 79.9. The van der Waals surface area contributed by atoms with Crippen molar-refractivity contribution in [3.05, 3.63) is 27.7 Å². The van der Waals surface area contributed by atoms with Gasteiger partial charge < -0.3 is 5.32 Å². The van der Waals surface area contributed by atoms with Gasteiger partial charge in [0.1, 0.15) is 0 Å².